The van der Waals surface area contributed by atoms with Crippen LogP contribution in [0.3, 0.4) is 0 Å². The van der Waals surface area contributed by atoms with Crippen molar-refractivity contribution in [3.05, 3.63) is 59.7 Å². The molecule has 2 N–H and O–H groups in total. The molecule has 8 heteroatoms. The minimum absolute atomic E-state index is 0.134. The highest BCUT2D eigenvalue weighted by Crippen LogP contribution is 2.11. The maximum atomic E-state index is 11.9. The molecule has 176 valence electrons. The zero-order valence-corrected chi connectivity index (χ0v) is 19.9. The third-order valence-electron chi connectivity index (χ3n) is 4.93. The average Bonchev–Trinajstić information content (AvgIpc) is 2.79. The van der Waals surface area contributed by atoms with E-state index in [4.69, 9.17) is 0 Å². The monoisotopic (exact) mass is 450 g/mol. The van der Waals surface area contributed by atoms with E-state index in [1.807, 2.05) is 86.5 Å². The normalized spacial score (nSPS) is 11.0. The van der Waals surface area contributed by atoms with Crippen LogP contribution in [0.5, 0.6) is 0 Å². The van der Waals surface area contributed by atoms with Crippen LogP contribution in [0, 0.1) is 0 Å². The van der Waals surface area contributed by atoms with Gasteiger partial charge < -0.3 is 9.80 Å². The van der Waals surface area contributed by atoms with E-state index in [0.717, 1.165) is 28.9 Å². The van der Waals surface area contributed by atoms with Gasteiger partial charge in [-0.25, -0.2) is 10.9 Å². The molecule has 0 fully saturated rings. The number of nitrogens with zero attached hydrogens (tertiary/aromatic N) is 4. The molecule has 0 aliphatic heterocycles. The summed E-state index contributed by atoms with van der Waals surface area (Å²) in [6, 6.07) is 15.8. The molecule has 0 unspecified atom stereocenters. The standard InChI is InChI=1S/C25H34N6O2/c1-30(2)22-14-10-20(11-15-22)18-26-28-24(32)8-6-5-7-9-25(33)29-27-19-21-12-16-23(17-13-21)31(3)4/h10-19H,5-9H2,1-4H3,(H,28,32)(H,29,33)/b26-18+,27-19+. The maximum absolute atomic E-state index is 11.9. The zero-order valence-electron chi connectivity index (χ0n) is 19.9. The number of hydrogen-bond acceptors (Lipinski definition) is 6. The van der Waals surface area contributed by atoms with Crippen molar-refractivity contribution in [2.75, 3.05) is 38.0 Å². The topological polar surface area (TPSA) is 89.4 Å². The molecular formula is C25H34N6O2. The Hall–Kier alpha value is -3.68. The Bertz CT molecular complexity index is 857. The quantitative estimate of drug-likeness (QED) is 0.295. The van der Waals surface area contributed by atoms with Crippen LogP contribution in [0.1, 0.15) is 43.2 Å². The van der Waals surface area contributed by atoms with Crippen molar-refractivity contribution in [3.63, 3.8) is 0 Å². The first-order valence-corrected chi connectivity index (χ1v) is 11.0. The first-order chi connectivity index (χ1) is 15.8. The fourth-order valence-corrected chi connectivity index (χ4v) is 2.93. The van der Waals surface area contributed by atoms with Crippen molar-refractivity contribution < 1.29 is 9.59 Å². The number of amides is 2. The number of anilines is 2. The van der Waals surface area contributed by atoms with Gasteiger partial charge in [-0.2, -0.15) is 10.2 Å². The summed E-state index contributed by atoms with van der Waals surface area (Å²) < 4.78 is 0. The Labute approximate surface area is 196 Å². The molecule has 0 spiro atoms. The highest BCUT2D eigenvalue weighted by Gasteiger charge is 2.03. The van der Waals surface area contributed by atoms with Crippen molar-refractivity contribution in [1.29, 1.82) is 0 Å². The predicted molar refractivity (Wildman–Crippen MR) is 136 cm³/mol. The molecule has 0 atom stereocenters. The van der Waals surface area contributed by atoms with E-state index in [1.165, 1.54) is 0 Å². The summed E-state index contributed by atoms with van der Waals surface area (Å²) in [4.78, 5) is 27.8. The average molecular weight is 451 g/mol. The fraction of sp³-hybridized carbons (Fsp3) is 0.360. The van der Waals surface area contributed by atoms with E-state index in [1.54, 1.807) is 12.4 Å². The molecule has 8 nitrogen and oxygen atoms in total. The van der Waals surface area contributed by atoms with Crippen LogP contribution >= 0.6 is 0 Å². The van der Waals surface area contributed by atoms with Gasteiger partial charge >= 0.3 is 0 Å². The van der Waals surface area contributed by atoms with Crippen LogP contribution < -0.4 is 20.7 Å². The third kappa shape index (κ3) is 9.99. The van der Waals surface area contributed by atoms with Gasteiger partial charge in [0.05, 0.1) is 12.4 Å². The summed E-state index contributed by atoms with van der Waals surface area (Å²) in [6.07, 6.45) is 6.18. The first-order valence-electron chi connectivity index (χ1n) is 11.0. The summed E-state index contributed by atoms with van der Waals surface area (Å²) in [5, 5.41) is 7.99. The number of nitrogens with one attached hydrogen (secondary N) is 2. The van der Waals surface area contributed by atoms with Gasteiger partial charge in [0.1, 0.15) is 0 Å². The number of carbonyl (C=O) groups excluding carboxylic acids is 2. The molecule has 0 saturated carbocycles. The third-order valence-corrected chi connectivity index (χ3v) is 4.93. The number of benzene rings is 2. The van der Waals surface area contributed by atoms with E-state index in [-0.39, 0.29) is 11.8 Å². The van der Waals surface area contributed by atoms with Crippen molar-refractivity contribution in [2.45, 2.75) is 32.1 Å². The predicted octanol–water partition coefficient (Wildman–Crippen LogP) is 3.37. The Morgan fingerprint density at radius 3 is 1.36 bits per heavy atom. The lowest BCUT2D eigenvalue weighted by molar-refractivity contribution is -0.121. The van der Waals surface area contributed by atoms with E-state index in [9.17, 15) is 9.59 Å². The largest absolute Gasteiger partial charge is 0.378 e. The van der Waals surface area contributed by atoms with Crippen LogP contribution in [0.15, 0.2) is 58.7 Å². The zero-order chi connectivity index (χ0) is 24.1. The lowest BCUT2D eigenvalue weighted by Crippen LogP contribution is -2.18. The molecule has 33 heavy (non-hydrogen) atoms. The molecule has 0 radical (unpaired) electrons. The van der Waals surface area contributed by atoms with Gasteiger partial charge in [0, 0.05) is 52.4 Å². The van der Waals surface area contributed by atoms with Crippen molar-refractivity contribution in [1.82, 2.24) is 10.9 Å². The van der Waals surface area contributed by atoms with Crippen LogP contribution in [-0.4, -0.2) is 52.4 Å². The van der Waals surface area contributed by atoms with Crippen molar-refractivity contribution >= 4 is 35.6 Å². The minimum Gasteiger partial charge on any atom is -0.378 e. The number of hydrazone groups is 2. The second-order valence-corrected chi connectivity index (χ2v) is 8.12. The Morgan fingerprint density at radius 1 is 0.667 bits per heavy atom. The minimum atomic E-state index is -0.134. The van der Waals surface area contributed by atoms with Crippen LogP contribution in [-0.2, 0) is 9.59 Å². The molecule has 0 bridgehead atoms. The molecule has 0 aliphatic carbocycles. The Kier molecular flexibility index (Phi) is 10.6. The number of unbranched alkanes of at least 4 members (excludes halogenated alkanes) is 2. The van der Waals surface area contributed by atoms with E-state index < -0.39 is 0 Å². The maximum Gasteiger partial charge on any atom is 0.240 e. The SMILES string of the molecule is CN(C)c1ccc(/C=N/NC(=O)CCCCCC(=O)N/N=C/c2ccc(N(C)C)cc2)cc1. The van der Waals surface area contributed by atoms with Gasteiger partial charge in [-0.1, -0.05) is 30.7 Å². The van der Waals surface area contributed by atoms with Crippen molar-refractivity contribution in [2.24, 2.45) is 10.2 Å². The van der Waals surface area contributed by atoms with Gasteiger partial charge in [-0.3, -0.25) is 9.59 Å². The van der Waals surface area contributed by atoms with Crippen molar-refractivity contribution in [3.8, 4) is 0 Å². The summed E-state index contributed by atoms with van der Waals surface area (Å²) in [5.74, 6) is -0.268. The second kappa shape index (κ2) is 13.7. The van der Waals surface area contributed by atoms with Crippen LogP contribution in [0.25, 0.3) is 0 Å². The molecule has 0 saturated heterocycles. The molecule has 0 aliphatic rings. The Morgan fingerprint density at radius 2 is 1.03 bits per heavy atom. The Balaban J connectivity index is 1.56. The van der Waals surface area contributed by atoms with E-state index in [2.05, 4.69) is 21.1 Å². The van der Waals surface area contributed by atoms with Crippen LogP contribution in [0.2, 0.25) is 0 Å². The summed E-state index contributed by atoms with van der Waals surface area (Å²) >= 11 is 0. The molecule has 2 aromatic rings. The summed E-state index contributed by atoms with van der Waals surface area (Å²) in [5.41, 5.74) is 9.12. The molecular weight excluding hydrogens is 416 g/mol. The first kappa shape index (κ1) is 25.6. The smallest absolute Gasteiger partial charge is 0.240 e. The molecule has 0 heterocycles. The lowest BCUT2D eigenvalue weighted by atomic mass is 10.1. The van der Waals surface area contributed by atoms with Gasteiger partial charge in [0.25, 0.3) is 0 Å². The van der Waals surface area contributed by atoms with Gasteiger partial charge in [0.2, 0.25) is 11.8 Å². The number of hydrogen-bond donors (Lipinski definition) is 2. The van der Waals surface area contributed by atoms with Gasteiger partial charge in [0.15, 0.2) is 0 Å². The van der Waals surface area contributed by atoms with E-state index >= 15 is 0 Å². The fourth-order valence-electron chi connectivity index (χ4n) is 2.93. The number of rotatable bonds is 12. The summed E-state index contributed by atoms with van der Waals surface area (Å²) in [6.45, 7) is 0. The van der Waals surface area contributed by atoms with Crippen LogP contribution in [0.4, 0.5) is 11.4 Å². The van der Waals surface area contributed by atoms with Gasteiger partial charge in [-0.05, 0) is 48.2 Å². The van der Waals surface area contributed by atoms with E-state index in [0.29, 0.717) is 25.7 Å². The molecule has 2 amide bonds. The molecule has 2 rings (SSSR count). The highest BCUT2D eigenvalue weighted by atomic mass is 16.2. The second-order valence-electron chi connectivity index (χ2n) is 8.12. The highest BCUT2D eigenvalue weighted by molar-refractivity contribution is 5.83. The summed E-state index contributed by atoms with van der Waals surface area (Å²) in [7, 11) is 7.93. The number of carbonyl (C=O) groups is 2. The van der Waals surface area contributed by atoms with Gasteiger partial charge in [-0.15, -0.1) is 0 Å². The molecule has 2 aromatic carbocycles. The molecule has 0 aromatic heterocycles. The lowest BCUT2D eigenvalue weighted by Gasteiger charge is -2.11.